The van der Waals surface area contributed by atoms with Gasteiger partial charge in [-0.3, -0.25) is 19.2 Å². The number of imidazole rings is 1. The molecule has 14 heteroatoms. The lowest BCUT2D eigenvalue weighted by atomic mass is 9.98. The fraction of sp³-hybridized carbons (Fsp3) is 0.429. The van der Waals surface area contributed by atoms with Gasteiger partial charge in [-0.15, -0.1) is 0 Å². The standard InChI is InChI=1S/C28H37N7O7/c1-3-15(2)24(28(41)42)35-27(40)22(11-17-13-30-14-32-17)34-26(39)21(33-25(38)19(29)8-9-23(36)37)10-16-12-31-20-7-5-4-6-18(16)20/h4-7,12-15,19,21-22,24,31H,3,8-11,29H2,1-2H3,(H,30,32)(H,33,38)(H,34,39)(H,35,40)(H,36,37)(H,41,42). The zero-order valence-electron chi connectivity index (χ0n) is 23.4. The van der Waals surface area contributed by atoms with Crippen LogP contribution >= 0.6 is 0 Å². The molecule has 226 valence electrons. The van der Waals surface area contributed by atoms with Crippen LogP contribution in [0.15, 0.2) is 43.0 Å². The summed E-state index contributed by atoms with van der Waals surface area (Å²) in [5.41, 5.74) is 7.94. The van der Waals surface area contributed by atoms with Crippen LogP contribution in [0.3, 0.4) is 0 Å². The third-order valence-corrected chi connectivity index (χ3v) is 7.13. The Hall–Kier alpha value is -4.72. The molecular formula is C28H37N7O7. The van der Waals surface area contributed by atoms with Gasteiger partial charge in [-0.2, -0.15) is 0 Å². The Morgan fingerprint density at radius 2 is 1.62 bits per heavy atom. The third-order valence-electron chi connectivity index (χ3n) is 7.13. The summed E-state index contributed by atoms with van der Waals surface area (Å²) < 4.78 is 0. The maximum Gasteiger partial charge on any atom is 0.326 e. The van der Waals surface area contributed by atoms with Gasteiger partial charge in [0.15, 0.2) is 0 Å². The van der Waals surface area contributed by atoms with Crippen LogP contribution in [-0.4, -0.2) is 79.0 Å². The summed E-state index contributed by atoms with van der Waals surface area (Å²) in [6, 6.07) is 2.60. The lowest BCUT2D eigenvalue weighted by Gasteiger charge is -2.26. The molecule has 0 aliphatic heterocycles. The highest BCUT2D eigenvalue weighted by molar-refractivity contribution is 5.95. The van der Waals surface area contributed by atoms with Crippen LogP contribution in [0.5, 0.6) is 0 Å². The molecule has 3 amide bonds. The number of aromatic nitrogens is 3. The van der Waals surface area contributed by atoms with Crippen molar-refractivity contribution in [1.29, 1.82) is 0 Å². The predicted molar refractivity (Wildman–Crippen MR) is 152 cm³/mol. The number of para-hydroxylation sites is 1. The van der Waals surface area contributed by atoms with E-state index in [2.05, 4.69) is 30.9 Å². The first-order chi connectivity index (χ1) is 20.0. The Morgan fingerprint density at radius 3 is 2.26 bits per heavy atom. The van der Waals surface area contributed by atoms with E-state index in [1.807, 2.05) is 24.3 Å². The van der Waals surface area contributed by atoms with E-state index in [9.17, 15) is 29.1 Å². The summed E-state index contributed by atoms with van der Waals surface area (Å²) in [5.74, 6) is -4.86. The molecule has 42 heavy (non-hydrogen) atoms. The molecular weight excluding hydrogens is 546 g/mol. The highest BCUT2D eigenvalue weighted by Gasteiger charge is 2.32. The van der Waals surface area contributed by atoms with Crippen molar-refractivity contribution in [2.24, 2.45) is 11.7 Å². The van der Waals surface area contributed by atoms with Crippen molar-refractivity contribution in [3.63, 3.8) is 0 Å². The molecule has 0 spiro atoms. The number of aromatic amines is 2. The van der Waals surface area contributed by atoms with Gasteiger partial charge in [0.25, 0.3) is 0 Å². The first-order valence-corrected chi connectivity index (χ1v) is 13.6. The number of hydrogen-bond donors (Lipinski definition) is 8. The number of benzene rings is 1. The molecule has 14 nitrogen and oxygen atoms in total. The van der Waals surface area contributed by atoms with Gasteiger partial charge >= 0.3 is 11.9 Å². The quantitative estimate of drug-likeness (QED) is 0.117. The Bertz CT molecular complexity index is 1390. The molecule has 0 aliphatic carbocycles. The molecule has 3 aromatic rings. The Morgan fingerprint density at radius 1 is 0.952 bits per heavy atom. The average Bonchev–Trinajstić information content (AvgIpc) is 3.63. The Labute approximate surface area is 241 Å². The van der Waals surface area contributed by atoms with Gasteiger partial charge in [-0.25, -0.2) is 9.78 Å². The monoisotopic (exact) mass is 583 g/mol. The topological polar surface area (TPSA) is 232 Å². The summed E-state index contributed by atoms with van der Waals surface area (Å²) in [5, 5.41) is 27.2. The van der Waals surface area contributed by atoms with Crippen molar-refractivity contribution in [3.05, 3.63) is 54.2 Å². The molecule has 2 heterocycles. The van der Waals surface area contributed by atoms with Crippen LogP contribution in [0.25, 0.3) is 10.9 Å². The number of carbonyl (C=O) groups excluding carboxylic acids is 3. The number of fused-ring (bicyclic) bond motifs is 1. The first kappa shape index (κ1) is 31.8. The van der Waals surface area contributed by atoms with Crippen LogP contribution in [0.4, 0.5) is 0 Å². The maximum atomic E-state index is 13.7. The van der Waals surface area contributed by atoms with Gasteiger partial charge in [-0.05, 0) is 24.0 Å². The van der Waals surface area contributed by atoms with Crippen molar-refractivity contribution in [2.75, 3.05) is 0 Å². The number of aliphatic carboxylic acids is 2. The first-order valence-electron chi connectivity index (χ1n) is 13.6. The molecule has 5 atom stereocenters. The zero-order valence-corrected chi connectivity index (χ0v) is 23.4. The number of H-pyrrole nitrogens is 2. The van der Waals surface area contributed by atoms with E-state index in [0.717, 1.165) is 10.9 Å². The van der Waals surface area contributed by atoms with E-state index >= 15 is 0 Å². The zero-order chi connectivity index (χ0) is 30.8. The Balaban J connectivity index is 1.87. The van der Waals surface area contributed by atoms with E-state index in [-0.39, 0.29) is 31.6 Å². The van der Waals surface area contributed by atoms with Crippen molar-refractivity contribution >= 4 is 40.6 Å². The number of nitrogens with zero attached hydrogens (tertiary/aromatic N) is 1. The normalized spacial score (nSPS) is 14.7. The lowest BCUT2D eigenvalue weighted by molar-refractivity contribution is -0.144. The van der Waals surface area contributed by atoms with Gasteiger partial charge in [-0.1, -0.05) is 38.5 Å². The second-order valence-electron chi connectivity index (χ2n) is 10.2. The lowest BCUT2D eigenvalue weighted by Crippen LogP contribution is -2.58. The fourth-order valence-electron chi connectivity index (χ4n) is 4.45. The van der Waals surface area contributed by atoms with Crippen LogP contribution in [0.1, 0.15) is 44.4 Å². The maximum absolute atomic E-state index is 13.7. The second kappa shape index (κ2) is 14.8. The molecule has 5 unspecified atom stereocenters. The summed E-state index contributed by atoms with van der Waals surface area (Å²) in [4.78, 5) is 72.6. The van der Waals surface area contributed by atoms with Gasteiger partial charge < -0.3 is 41.9 Å². The van der Waals surface area contributed by atoms with Crippen molar-refractivity contribution in [1.82, 2.24) is 30.9 Å². The SMILES string of the molecule is CCC(C)C(NC(=O)C(Cc1cnc[nH]1)NC(=O)C(Cc1c[nH]c2ccccc12)NC(=O)C(N)CCC(=O)O)C(=O)O. The van der Waals surface area contributed by atoms with Crippen molar-refractivity contribution in [3.8, 4) is 0 Å². The third kappa shape index (κ3) is 8.64. The van der Waals surface area contributed by atoms with Crippen LogP contribution in [0, 0.1) is 5.92 Å². The molecule has 2 aromatic heterocycles. The molecule has 0 saturated carbocycles. The van der Waals surface area contributed by atoms with Crippen molar-refractivity contribution in [2.45, 2.75) is 70.1 Å². The van der Waals surface area contributed by atoms with E-state index in [1.165, 1.54) is 12.5 Å². The molecule has 0 fully saturated rings. The fourth-order valence-corrected chi connectivity index (χ4v) is 4.45. The average molecular weight is 584 g/mol. The van der Waals surface area contributed by atoms with Gasteiger partial charge in [0.2, 0.25) is 17.7 Å². The molecule has 0 radical (unpaired) electrons. The second-order valence-corrected chi connectivity index (χ2v) is 10.2. The minimum Gasteiger partial charge on any atom is -0.481 e. The van der Waals surface area contributed by atoms with E-state index in [1.54, 1.807) is 20.0 Å². The number of amides is 3. The van der Waals surface area contributed by atoms with E-state index < -0.39 is 53.8 Å². The number of nitrogens with one attached hydrogen (secondary N) is 5. The molecule has 9 N–H and O–H groups in total. The van der Waals surface area contributed by atoms with E-state index in [0.29, 0.717) is 17.7 Å². The number of nitrogens with two attached hydrogens (primary N) is 1. The minimum atomic E-state index is -1.22. The Kier molecular flexibility index (Phi) is 11.2. The molecule has 0 aliphatic rings. The summed E-state index contributed by atoms with van der Waals surface area (Å²) >= 11 is 0. The summed E-state index contributed by atoms with van der Waals surface area (Å²) in [6.45, 7) is 3.50. The number of hydrogen-bond acceptors (Lipinski definition) is 7. The van der Waals surface area contributed by atoms with Gasteiger partial charge in [0, 0.05) is 48.3 Å². The van der Waals surface area contributed by atoms with E-state index in [4.69, 9.17) is 10.8 Å². The minimum absolute atomic E-state index is 0.0241. The smallest absolute Gasteiger partial charge is 0.326 e. The number of carboxylic acids is 2. The molecule has 0 bridgehead atoms. The molecule has 0 saturated heterocycles. The van der Waals surface area contributed by atoms with Crippen molar-refractivity contribution < 1.29 is 34.2 Å². The highest BCUT2D eigenvalue weighted by atomic mass is 16.4. The molecule has 3 rings (SSSR count). The van der Waals surface area contributed by atoms with Crippen LogP contribution in [0.2, 0.25) is 0 Å². The summed E-state index contributed by atoms with van der Waals surface area (Å²) in [7, 11) is 0. The van der Waals surface area contributed by atoms with Crippen LogP contribution in [-0.2, 0) is 36.8 Å². The van der Waals surface area contributed by atoms with Gasteiger partial charge in [0.1, 0.15) is 18.1 Å². The largest absolute Gasteiger partial charge is 0.481 e. The number of carbonyl (C=O) groups is 5. The number of carboxylic acid groups (broad SMARTS) is 2. The predicted octanol–water partition coefficient (Wildman–Crippen LogP) is 0.453. The highest BCUT2D eigenvalue weighted by Crippen LogP contribution is 2.19. The summed E-state index contributed by atoms with van der Waals surface area (Å²) in [6.07, 6.45) is 4.61. The van der Waals surface area contributed by atoms with Crippen LogP contribution < -0.4 is 21.7 Å². The number of rotatable bonds is 16. The molecule has 1 aromatic carbocycles. The van der Waals surface area contributed by atoms with Gasteiger partial charge in [0.05, 0.1) is 12.4 Å².